The van der Waals surface area contributed by atoms with Gasteiger partial charge in [-0.2, -0.15) is 13.2 Å². The Balaban J connectivity index is 1.36. The van der Waals surface area contributed by atoms with Gasteiger partial charge in [0, 0.05) is 36.0 Å². The maximum absolute atomic E-state index is 14.6. The molecule has 2 aromatic carbocycles. The first kappa shape index (κ1) is 31.8. The Labute approximate surface area is 267 Å². The summed E-state index contributed by atoms with van der Waals surface area (Å²) in [6.07, 6.45) is 0.536. The van der Waals surface area contributed by atoms with E-state index < -0.39 is 34.9 Å². The molecule has 2 amide bonds. The minimum atomic E-state index is -4.70. The summed E-state index contributed by atoms with van der Waals surface area (Å²) in [5, 5.41) is 8.39. The first-order valence-electron chi connectivity index (χ1n) is 15.8. The lowest BCUT2D eigenvalue weighted by atomic mass is 9.77. The molecule has 46 heavy (non-hydrogen) atoms. The van der Waals surface area contributed by atoms with E-state index >= 15 is 0 Å². The van der Waals surface area contributed by atoms with Crippen LogP contribution >= 0.6 is 0 Å². The Morgan fingerprint density at radius 2 is 1.85 bits per heavy atom. The summed E-state index contributed by atoms with van der Waals surface area (Å²) >= 11 is 0. The Kier molecular flexibility index (Phi) is 7.80. The second-order valence-electron chi connectivity index (χ2n) is 14.3. The number of halogens is 3. The Bertz CT molecular complexity index is 1720. The number of ether oxygens (including phenoxy) is 1. The summed E-state index contributed by atoms with van der Waals surface area (Å²) in [5.41, 5.74) is 1.50. The van der Waals surface area contributed by atoms with E-state index in [0.29, 0.717) is 17.4 Å². The number of benzene rings is 2. The number of amides is 2. The highest BCUT2D eigenvalue weighted by Gasteiger charge is 2.44. The number of aryl methyl sites for hydroxylation is 1. The number of anilines is 1. The second-order valence-corrected chi connectivity index (χ2v) is 14.3. The van der Waals surface area contributed by atoms with Crippen molar-refractivity contribution in [2.75, 3.05) is 4.90 Å². The van der Waals surface area contributed by atoms with Crippen LogP contribution in [0.2, 0.25) is 0 Å². The minimum Gasteiger partial charge on any atom is -0.444 e. The van der Waals surface area contributed by atoms with Crippen molar-refractivity contribution >= 4 is 23.3 Å². The zero-order valence-corrected chi connectivity index (χ0v) is 27.2. The molecule has 2 aliphatic carbocycles. The molecule has 0 saturated heterocycles. The molecule has 3 aromatic rings. The van der Waals surface area contributed by atoms with E-state index in [1.54, 1.807) is 33.2 Å². The van der Waals surface area contributed by atoms with Gasteiger partial charge >= 0.3 is 12.3 Å². The van der Waals surface area contributed by atoms with E-state index in [9.17, 15) is 22.8 Å². The van der Waals surface area contributed by atoms with Crippen LogP contribution in [-0.4, -0.2) is 42.8 Å². The predicted octanol–water partition coefficient (Wildman–Crippen LogP) is 7.91. The van der Waals surface area contributed by atoms with E-state index in [-0.39, 0.29) is 29.8 Å². The molecule has 2 fully saturated rings. The van der Waals surface area contributed by atoms with Gasteiger partial charge in [-0.25, -0.2) is 4.79 Å². The molecule has 0 radical (unpaired) electrons. The fourth-order valence-corrected chi connectivity index (χ4v) is 6.77. The average Bonchev–Trinajstić information content (AvgIpc) is 3.50. The van der Waals surface area contributed by atoms with Gasteiger partial charge < -0.3 is 14.2 Å². The maximum atomic E-state index is 14.6. The van der Waals surface area contributed by atoms with Gasteiger partial charge in [0.25, 0.3) is 5.91 Å². The fourth-order valence-electron chi connectivity index (χ4n) is 6.77. The lowest BCUT2D eigenvalue weighted by molar-refractivity contribution is -0.138. The van der Waals surface area contributed by atoms with Crippen molar-refractivity contribution < 1.29 is 27.5 Å². The molecule has 11 heteroatoms. The maximum Gasteiger partial charge on any atom is 0.416 e. The topological polar surface area (TPSA) is 80.6 Å². The molecule has 3 aliphatic rings. The molecule has 0 N–H and O–H groups in total. The van der Waals surface area contributed by atoms with Crippen molar-refractivity contribution in [3.63, 3.8) is 0 Å². The molecule has 0 bridgehead atoms. The summed E-state index contributed by atoms with van der Waals surface area (Å²) in [4.78, 5) is 30.1. The number of carbonyl (C=O) groups excluding carboxylic acids is 2. The van der Waals surface area contributed by atoms with E-state index in [1.807, 2.05) is 36.7 Å². The van der Waals surface area contributed by atoms with Crippen molar-refractivity contribution in [2.45, 2.75) is 97.1 Å². The fraction of sp³-hybridized carbons (Fsp3) is 0.486. The van der Waals surface area contributed by atoms with Gasteiger partial charge in [0.1, 0.15) is 11.9 Å². The molecule has 0 atom stereocenters. The highest BCUT2D eigenvalue weighted by molar-refractivity contribution is 6.10. The van der Waals surface area contributed by atoms with Gasteiger partial charge in [-0.05, 0) is 107 Å². The lowest BCUT2D eigenvalue weighted by Crippen LogP contribution is -2.54. The van der Waals surface area contributed by atoms with E-state index in [0.717, 1.165) is 49.3 Å². The number of allylic oxidation sites excluding steroid dienone is 1. The third kappa shape index (κ3) is 5.91. The molecule has 8 nitrogen and oxygen atoms in total. The van der Waals surface area contributed by atoms with Crippen LogP contribution in [-0.2, 0) is 31.1 Å². The van der Waals surface area contributed by atoms with Crippen LogP contribution in [0.3, 0.4) is 0 Å². The molecule has 1 aliphatic heterocycles. The number of carbonyl (C=O) groups is 2. The summed E-state index contributed by atoms with van der Waals surface area (Å²) < 4.78 is 51.3. The summed E-state index contributed by atoms with van der Waals surface area (Å²) in [5.74, 6) is 0.737. The van der Waals surface area contributed by atoms with Crippen molar-refractivity contribution in [3.05, 3.63) is 81.9 Å². The molecule has 0 spiro atoms. The molecule has 2 saturated carbocycles. The summed E-state index contributed by atoms with van der Waals surface area (Å²) in [6, 6.07) is 9.93. The molecular weight excluding hydrogens is 595 g/mol. The molecule has 2 heterocycles. The predicted molar refractivity (Wildman–Crippen MR) is 168 cm³/mol. The monoisotopic (exact) mass is 635 g/mol. The highest BCUT2D eigenvalue weighted by Crippen LogP contribution is 2.44. The van der Waals surface area contributed by atoms with Gasteiger partial charge in [-0.1, -0.05) is 24.6 Å². The van der Waals surface area contributed by atoms with Crippen LogP contribution in [0.5, 0.6) is 0 Å². The highest BCUT2D eigenvalue weighted by atomic mass is 19.4. The van der Waals surface area contributed by atoms with Crippen LogP contribution in [0.1, 0.15) is 105 Å². The van der Waals surface area contributed by atoms with Crippen molar-refractivity contribution in [1.29, 1.82) is 0 Å². The number of hydrogen-bond donors (Lipinski definition) is 0. The zero-order chi connectivity index (χ0) is 33.2. The third-order valence-corrected chi connectivity index (χ3v) is 9.37. The van der Waals surface area contributed by atoms with Crippen LogP contribution < -0.4 is 4.90 Å². The molecule has 244 valence electrons. The SMILES string of the molecule is CC1CC(=C(c2cccc(N3Cc4c(cc(CN(C(=O)OC(C)(C)C)C5(C)CCC5)cc4C(F)(F)F)C3=O)c2)c2nncn2C)C1. The van der Waals surface area contributed by atoms with Gasteiger partial charge in [0.15, 0.2) is 5.82 Å². The number of alkyl halides is 3. The molecular formula is C35H40F3N5O3. The number of fused-ring (bicyclic) bond motifs is 1. The van der Waals surface area contributed by atoms with Crippen LogP contribution in [0.4, 0.5) is 23.7 Å². The molecule has 1 aromatic heterocycles. The van der Waals surface area contributed by atoms with Crippen molar-refractivity contribution in [2.24, 2.45) is 13.0 Å². The van der Waals surface area contributed by atoms with Gasteiger partial charge in [-0.15, -0.1) is 10.2 Å². The largest absolute Gasteiger partial charge is 0.444 e. The zero-order valence-electron chi connectivity index (χ0n) is 27.2. The van der Waals surface area contributed by atoms with Crippen molar-refractivity contribution in [1.82, 2.24) is 19.7 Å². The van der Waals surface area contributed by atoms with Crippen molar-refractivity contribution in [3.8, 4) is 0 Å². The summed E-state index contributed by atoms with van der Waals surface area (Å²) in [6.45, 7) is 9.05. The Hall–Kier alpha value is -4.15. The Morgan fingerprint density at radius 1 is 1.13 bits per heavy atom. The normalized spacial score (nSPS) is 19.0. The van der Waals surface area contributed by atoms with Gasteiger partial charge in [-0.3, -0.25) is 9.69 Å². The standard InChI is InChI=1S/C35H40F3N5O3/c1-21-13-24(14-21)29(30-40-39-20-41(30)6)23-9-7-10-25(17-23)42-19-27-26(31(42)44)15-22(16-28(27)35(36,37)38)18-43(34(5)11-8-12-34)32(45)46-33(2,3)4/h7,9-10,15-17,20-21H,8,11-14,18-19H2,1-6H3. The minimum absolute atomic E-state index is 0.00201. The third-order valence-electron chi connectivity index (χ3n) is 9.37. The van der Waals surface area contributed by atoms with E-state index in [4.69, 9.17) is 4.74 Å². The van der Waals surface area contributed by atoms with Crippen LogP contribution in [0.25, 0.3) is 5.57 Å². The van der Waals surface area contributed by atoms with Gasteiger partial charge in [0.05, 0.1) is 12.1 Å². The number of hydrogen-bond acceptors (Lipinski definition) is 5. The second kappa shape index (κ2) is 11.3. The summed E-state index contributed by atoms with van der Waals surface area (Å²) in [7, 11) is 1.87. The first-order valence-corrected chi connectivity index (χ1v) is 15.8. The quantitative estimate of drug-likeness (QED) is 0.275. The van der Waals surface area contributed by atoms with Gasteiger partial charge in [0.2, 0.25) is 0 Å². The first-order chi connectivity index (χ1) is 21.5. The molecule has 6 rings (SSSR count). The lowest BCUT2D eigenvalue weighted by Gasteiger charge is -2.47. The number of aromatic nitrogens is 3. The average molecular weight is 636 g/mol. The number of rotatable bonds is 6. The number of nitrogens with zero attached hydrogens (tertiary/aromatic N) is 5. The Morgan fingerprint density at radius 3 is 2.41 bits per heavy atom. The van der Waals surface area contributed by atoms with Crippen LogP contribution in [0, 0.1) is 5.92 Å². The smallest absolute Gasteiger partial charge is 0.416 e. The van der Waals surface area contributed by atoms with E-state index in [2.05, 4.69) is 17.1 Å². The van der Waals surface area contributed by atoms with E-state index in [1.165, 1.54) is 21.4 Å². The molecule has 0 unspecified atom stereocenters. The van der Waals surface area contributed by atoms with Crippen LogP contribution in [0.15, 0.2) is 48.3 Å².